The molecule has 0 aliphatic carbocycles. The topological polar surface area (TPSA) is 97.7 Å². The van der Waals surface area contributed by atoms with Gasteiger partial charge in [-0.05, 0) is 25.7 Å². The summed E-state index contributed by atoms with van der Waals surface area (Å²) < 4.78 is 27.3. The number of hydrogen-bond acceptors (Lipinski definition) is 5. The first kappa shape index (κ1) is 17.9. The van der Waals surface area contributed by atoms with Crippen molar-refractivity contribution in [2.75, 3.05) is 18.6 Å². The highest BCUT2D eigenvalue weighted by Gasteiger charge is 2.48. The van der Waals surface area contributed by atoms with E-state index in [1.165, 1.54) is 0 Å². The van der Waals surface area contributed by atoms with Crippen molar-refractivity contribution in [3.63, 3.8) is 0 Å². The molecule has 0 saturated carbocycles. The largest absolute Gasteiger partial charge is 0.480 e. The minimum atomic E-state index is -3.35. The molecule has 1 N–H and O–H groups in total. The molecule has 0 saturated heterocycles. The van der Waals surface area contributed by atoms with Gasteiger partial charge in [0.25, 0.3) is 0 Å². The summed E-state index contributed by atoms with van der Waals surface area (Å²) >= 11 is 0. The lowest BCUT2D eigenvalue weighted by Gasteiger charge is -2.28. The zero-order valence-electron chi connectivity index (χ0n) is 11.8. The molecule has 0 amide bonds. The van der Waals surface area contributed by atoms with Gasteiger partial charge in [-0.25, -0.2) is 8.42 Å². The van der Waals surface area contributed by atoms with Gasteiger partial charge in [-0.1, -0.05) is 13.8 Å². The fraction of sp³-hybridized carbons (Fsp3) is 0.833. The van der Waals surface area contributed by atoms with Crippen molar-refractivity contribution < 1.29 is 27.9 Å². The van der Waals surface area contributed by atoms with Gasteiger partial charge in [0.1, 0.15) is 9.84 Å². The number of carboxylic acid groups (broad SMARTS) is 1. The monoisotopic (exact) mass is 294 g/mol. The summed E-state index contributed by atoms with van der Waals surface area (Å²) in [6, 6.07) is 0. The van der Waals surface area contributed by atoms with Crippen LogP contribution in [0.2, 0.25) is 0 Å². The molecule has 0 bridgehead atoms. The van der Waals surface area contributed by atoms with E-state index in [1.807, 2.05) is 0 Å². The third kappa shape index (κ3) is 5.59. The van der Waals surface area contributed by atoms with Crippen LogP contribution in [0.4, 0.5) is 0 Å². The molecule has 0 spiro atoms. The number of carbonyl (C=O) groups excluding carboxylic acids is 1. The molecule has 0 aromatic carbocycles. The Morgan fingerprint density at radius 2 is 1.84 bits per heavy atom. The Morgan fingerprint density at radius 3 is 2.16 bits per heavy atom. The number of carboxylic acids is 1. The van der Waals surface area contributed by atoms with Crippen molar-refractivity contribution in [1.82, 2.24) is 0 Å². The predicted octanol–water partition coefficient (Wildman–Crippen LogP) is 1.10. The lowest BCUT2D eigenvalue weighted by molar-refractivity contribution is -0.170. The molecule has 19 heavy (non-hydrogen) atoms. The quantitative estimate of drug-likeness (QED) is 0.532. The Morgan fingerprint density at radius 1 is 1.32 bits per heavy atom. The molecule has 0 fully saturated rings. The number of rotatable bonds is 8. The summed E-state index contributed by atoms with van der Waals surface area (Å²) in [6.07, 6.45) is 0.801. The molecule has 1 unspecified atom stereocenters. The average molecular weight is 294 g/mol. The number of sulfone groups is 1. The summed E-state index contributed by atoms with van der Waals surface area (Å²) in [4.78, 5) is 23.5. The van der Waals surface area contributed by atoms with Gasteiger partial charge in [0, 0.05) is 6.26 Å². The second kappa shape index (κ2) is 6.88. The molecule has 7 heteroatoms. The standard InChI is InChI=1S/C12H22O6S/c1-5-18-11(15)12(10(13)14,8-9(2)3)6-7-19(4,16)17/h9H,5-8H2,1-4H3,(H,13,14). The van der Waals surface area contributed by atoms with E-state index in [4.69, 9.17) is 4.74 Å². The van der Waals surface area contributed by atoms with E-state index in [9.17, 15) is 23.1 Å². The van der Waals surface area contributed by atoms with Crippen LogP contribution in [0.5, 0.6) is 0 Å². The molecular weight excluding hydrogens is 272 g/mol. The van der Waals surface area contributed by atoms with Crippen molar-refractivity contribution in [3.05, 3.63) is 0 Å². The van der Waals surface area contributed by atoms with E-state index in [1.54, 1.807) is 20.8 Å². The molecule has 6 nitrogen and oxygen atoms in total. The minimum absolute atomic E-state index is 0.0523. The van der Waals surface area contributed by atoms with Crippen LogP contribution in [0.1, 0.15) is 33.6 Å². The Labute approximate surface area is 114 Å². The smallest absolute Gasteiger partial charge is 0.323 e. The van der Waals surface area contributed by atoms with Crippen molar-refractivity contribution in [2.24, 2.45) is 11.3 Å². The van der Waals surface area contributed by atoms with Crippen molar-refractivity contribution in [1.29, 1.82) is 0 Å². The number of aliphatic carboxylic acids is 1. The van der Waals surface area contributed by atoms with Crippen molar-refractivity contribution in [3.8, 4) is 0 Å². The third-order valence-electron chi connectivity index (χ3n) is 2.73. The molecule has 0 aliphatic rings. The number of carbonyl (C=O) groups is 2. The van der Waals surface area contributed by atoms with Gasteiger partial charge in [0.2, 0.25) is 0 Å². The van der Waals surface area contributed by atoms with E-state index in [0.717, 1.165) is 6.26 Å². The third-order valence-corrected chi connectivity index (χ3v) is 3.68. The second-order valence-electron chi connectivity index (χ2n) is 5.09. The maximum absolute atomic E-state index is 12.0. The first-order valence-corrected chi connectivity index (χ1v) is 8.19. The summed E-state index contributed by atoms with van der Waals surface area (Å²) in [6.45, 7) is 5.19. The lowest BCUT2D eigenvalue weighted by Crippen LogP contribution is -2.43. The van der Waals surface area contributed by atoms with E-state index >= 15 is 0 Å². The minimum Gasteiger partial charge on any atom is -0.480 e. The van der Waals surface area contributed by atoms with Gasteiger partial charge in [-0.2, -0.15) is 0 Å². The van der Waals surface area contributed by atoms with E-state index in [-0.39, 0.29) is 31.1 Å². The Hall–Kier alpha value is -1.11. The number of hydrogen-bond donors (Lipinski definition) is 1. The Kier molecular flexibility index (Phi) is 6.48. The zero-order chi connectivity index (χ0) is 15.3. The zero-order valence-corrected chi connectivity index (χ0v) is 12.6. The highest BCUT2D eigenvalue weighted by molar-refractivity contribution is 7.90. The first-order valence-electron chi connectivity index (χ1n) is 6.13. The number of esters is 1. The van der Waals surface area contributed by atoms with Crippen LogP contribution >= 0.6 is 0 Å². The molecule has 0 aromatic rings. The van der Waals surface area contributed by atoms with Crippen LogP contribution in [-0.4, -0.2) is 44.1 Å². The van der Waals surface area contributed by atoms with Crippen LogP contribution in [0.3, 0.4) is 0 Å². The van der Waals surface area contributed by atoms with Gasteiger partial charge >= 0.3 is 11.9 Å². The average Bonchev–Trinajstić information content (AvgIpc) is 2.22. The second-order valence-corrected chi connectivity index (χ2v) is 7.35. The van der Waals surface area contributed by atoms with Crippen LogP contribution in [0, 0.1) is 11.3 Å². The molecular formula is C12H22O6S. The molecule has 112 valence electrons. The number of ether oxygens (including phenoxy) is 1. The van der Waals surface area contributed by atoms with Crippen molar-refractivity contribution >= 4 is 21.8 Å². The Balaban J connectivity index is 5.37. The molecule has 0 aromatic heterocycles. The van der Waals surface area contributed by atoms with E-state index in [2.05, 4.69) is 0 Å². The predicted molar refractivity (Wildman–Crippen MR) is 70.5 cm³/mol. The normalized spacial score (nSPS) is 15.0. The fourth-order valence-corrected chi connectivity index (χ4v) is 2.61. The maximum Gasteiger partial charge on any atom is 0.323 e. The SMILES string of the molecule is CCOC(=O)C(CCS(C)(=O)=O)(CC(C)C)C(=O)O. The molecule has 1 atom stereocenters. The summed E-state index contributed by atoms with van der Waals surface area (Å²) in [5, 5.41) is 9.37. The summed E-state index contributed by atoms with van der Waals surface area (Å²) in [5.74, 6) is -2.62. The molecule has 0 radical (unpaired) electrons. The van der Waals surface area contributed by atoms with E-state index < -0.39 is 27.2 Å². The molecule has 0 aliphatic heterocycles. The summed E-state index contributed by atoms with van der Waals surface area (Å²) in [5.41, 5.74) is -1.78. The van der Waals surface area contributed by atoms with Gasteiger partial charge in [0.15, 0.2) is 5.41 Å². The van der Waals surface area contributed by atoms with Crippen LogP contribution < -0.4 is 0 Å². The molecule has 0 heterocycles. The Bertz CT molecular complexity index is 426. The van der Waals surface area contributed by atoms with Crippen molar-refractivity contribution in [2.45, 2.75) is 33.6 Å². The maximum atomic E-state index is 12.0. The first-order chi connectivity index (χ1) is 8.55. The van der Waals surface area contributed by atoms with Gasteiger partial charge < -0.3 is 9.84 Å². The van der Waals surface area contributed by atoms with E-state index in [0.29, 0.717) is 0 Å². The highest BCUT2D eigenvalue weighted by atomic mass is 32.2. The van der Waals surface area contributed by atoms with Crippen LogP contribution in [0.25, 0.3) is 0 Å². The van der Waals surface area contributed by atoms with Gasteiger partial charge in [-0.3, -0.25) is 9.59 Å². The fourth-order valence-electron chi connectivity index (χ4n) is 1.89. The van der Waals surface area contributed by atoms with Crippen LogP contribution in [-0.2, 0) is 24.2 Å². The highest BCUT2D eigenvalue weighted by Crippen LogP contribution is 2.33. The van der Waals surface area contributed by atoms with Crippen LogP contribution in [0.15, 0.2) is 0 Å². The van der Waals surface area contributed by atoms with Gasteiger partial charge in [-0.15, -0.1) is 0 Å². The molecule has 0 rings (SSSR count). The lowest BCUT2D eigenvalue weighted by atomic mass is 9.78. The van der Waals surface area contributed by atoms with Gasteiger partial charge in [0.05, 0.1) is 12.4 Å². The summed E-state index contributed by atoms with van der Waals surface area (Å²) in [7, 11) is -3.35.